The van der Waals surface area contributed by atoms with Gasteiger partial charge < -0.3 is 19.7 Å². The summed E-state index contributed by atoms with van der Waals surface area (Å²) in [6.45, 7) is 8.93. The summed E-state index contributed by atoms with van der Waals surface area (Å²) in [7, 11) is -1.07. The third-order valence-corrected chi connectivity index (χ3v) is 5.35. The number of hydrogen-bond donors (Lipinski definition) is 2. The van der Waals surface area contributed by atoms with Crippen LogP contribution in [0, 0.1) is 0 Å². The highest BCUT2D eigenvalue weighted by atomic mass is 32.1. The Bertz CT molecular complexity index is 467. The van der Waals surface area contributed by atoms with E-state index in [4.69, 9.17) is 4.65 Å². The summed E-state index contributed by atoms with van der Waals surface area (Å²) in [4.78, 5) is 6.65. The number of anilines is 1. The van der Waals surface area contributed by atoms with E-state index < -0.39 is 18.3 Å². The van der Waals surface area contributed by atoms with E-state index in [1.54, 1.807) is 33.9 Å². The van der Waals surface area contributed by atoms with Crippen molar-refractivity contribution < 1.29 is 14.8 Å². The van der Waals surface area contributed by atoms with Crippen LogP contribution in [0.3, 0.4) is 0 Å². The molecule has 1 aromatic heterocycles. The lowest BCUT2D eigenvalue weighted by atomic mass is 9.82. The summed E-state index contributed by atoms with van der Waals surface area (Å²) in [5.74, 6) is 0. The van der Waals surface area contributed by atoms with Crippen molar-refractivity contribution in [3.05, 3.63) is 6.20 Å². The molecular formula is C14H25BN2O3S. The molecule has 118 valence electrons. The molecule has 0 bridgehead atoms. The molecule has 0 aliphatic carbocycles. The highest BCUT2D eigenvalue weighted by Crippen LogP contribution is 2.26. The van der Waals surface area contributed by atoms with Gasteiger partial charge in [0, 0.05) is 19.3 Å². The molecule has 2 heterocycles. The maximum Gasteiger partial charge on any atom is 0.504 e. The second-order valence-electron chi connectivity index (χ2n) is 6.63. The minimum absolute atomic E-state index is 0.674. The molecule has 0 unspecified atom stereocenters. The van der Waals surface area contributed by atoms with E-state index >= 15 is 0 Å². The monoisotopic (exact) mass is 312 g/mol. The quantitative estimate of drug-likeness (QED) is 0.804. The maximum atomic E-state index is 10.2. The topological polar surface area (TPSA) is 65.8 Å². The van der Waals surface area contributed by atoms with Gasteiger partial charge in [-0.15, -0.1) is 11.3 Å². The smallest absolute Gasteiger partial charge is 0.422 e. The molecule has 1 saturated heterocycles. The molecule has 1 aliphatic rings. The molecule has 0 radical (unpaired) electrons. The zero-order valence-electron chi connectivity index (χ0n) is 13.3. The lowest BCUT2D eigenvalue weighted by Crippen LogP contribution is -2.52. The van der Waals surface area contributed by atoms with Gasteiger partial charge in [0.05, 0.1) is 16.0 Å². The first-order valence-electron chi connectivity index (χ1n) is 7.50. The summed E-state index contributed by atoms with van der Waals surface area (Å²) >= 11 is 1.46. The molecule has 5 nitrogen and oxygen atoms in total. The predicted molar refractivity (Wildman–Crippen MR) is 87.2 cm³/mol. The van der Waals surface area contributed by atoms with Crippen LogP contribution >= 0.6 is 11.3 Å². The molecular weight excluding hydrogens is 287 g/mol. The molecule has 7 heteroatoms. The van der Waals surface area contributed by atoms with E-state index in [1.165, 1.54) is 30.6 Å². The molecule has 1 fully saturated rings. The molecule has 1 aromatic rings. The Hall–Kier alpha value is -0.625. The Kier molecular flexibility index (Phi) is 4.98. The number of piperidine rings is 1. The fraction of sp³-hybridized carbons (Fsp3) is 0.786. The summed E-state index contributed by atoms with van der Waals surface area (Å²) in [5.41, 5.74) is -1.91. The highest BCUT2D eigenvalue weighted by molar-refractivity contribution is 7.25. The van der Waals surface area contributed by atoms with Crippen LogP contribution in [0.1, 0.15) is 47.0 Å². The van der Waals surface area contributed by atoms with Crippen LogP contribution < -0.4 is 9.68 Å². The number of hydrogen-bond acceptors (Lipinski definition) is 6. The third kappa shape index (κ3) is 3.97. The van der Waals surface area contributed by atoms with Crippen molar-refractivity contribution in [2.24, 2.45) is 0 Å². The largest absolute Gasteiger partial charge is 0.504 e. The normalized spacial score (nSPS) is 17.1. The van der Waals surface area contributed by atoms with Gasteiger partial charge in [-0.1, -0.05) is 0 Å². The lowest BCUT2D eigenvalue weighted by Gasteiger charge is -2.38. The van der Waals surface area contributed by atoms with Gasteiger partial charge in [0.15, 0.2) is 5.13 Å². The van der Waals surface area contributed by atoms with E-state index in [2.05, 4.69) is 9.88 Å². The number of nitrogens with zero attached hydrogens (tertiary/aromatic N) is 2. The zero-order valence-corrected chi connectivity index (χ0v) is 14.1. The van der Waals surface area contributed by atoms with Crippen LogP contribution in [0.2, 0.25) is 0 Å². The Balaban J connectivity index is 2.03. The molecule has 0 atom stereocenters. The molecule has 2 rings (SSSR count). The maximum absolute atomic E-state index is 10.2. The summed E-state index contributed by atoms with van der Waals surface area (Å²) in [6.07, 6.45) is 5.33. The minimum Gasteiger partial charge on any atom is -0.422 e. The number of thiazole rings is 1. The highest BCUT2D eigenvalue weighted by Gasteiger charge is 2.40. The van der Waals surface area contributed by atoms with E-state index in [9.17, 15) is 10.1 Å². The van der Waals surface area contributed by atoms with Crippen LogP contribution in [0.5, 0.6) is 0 Å². The molecule has 2 N–H and O–H groups in total. The van der Waals surface area contributed by atoms with Gasteiger partial charge in [0.2, 0.25) is 0 Å². The summed E-state index contributed by atoms with van der Waals surface area (Å²) in [6, 6.07) is 0. The Labute approximate surface area is 131 Å². The average Bonchev–Trinajstić information content (AvgIpc) is 2.87. The van der Waals surface area contributed by atoms with Crippen molar-refractivity contribution in [2.75, 3.05) is 18.0 Å². The fourth-order valence-corrected chi connectivity index (χ4v) is 2.99. The summed E-state index contributed by atoms with van der Waals surface area (Å²) in [5, 5.41) is 21.3. The van der Waals surface area contributed by atoms with Crippen molar-refractivity contribution in [1.82, 2.24) is 4.98 Å². The molecule has 0 aromatic carbocycles. The average molecular weight is 312 g/mol. The first kappa shape index (κ1) is 16.7. The van der Waals surface area contributed by atoms with Crippen molar-refractivity contribution in [3.63, 3.8) is 0 Å². The van der Waals surface area contributed by atoms with Crippen LogP contribution in [0.4, 0.5) is 5.13 Å². The summed E-state index contributed by atoms with van der Waals surface area (Å²) < 4.78 is 6.32. The van der Waals surface area contributed by atoms with Gasteiger partial charge >= 0.3 is 7.12 Å². The molecule has 1 aliphatic heterocycles. The van der Waals surface area contributed by atoms with Gasteiger partial charge in [-0.3, -0.25) is 0 Å². The second kappa shape index (κ2) is 6.24. The van der Waals surface area contributed by atoms with E-state index in [0.717, 1.165) is 18.2 Å². The van der Waals surface area contributed by atoms with Crippen LogP contribution in [0.25, 0.3) is 0 Å². The molecule has 0 saturated carbocycles. The van der Waals surface area contributed by atoms with Crippen molar-refractivity contribution in [1.29, 1.82) is 0 Å². The standard InChI is InChI=1S/C14H25BN2O3S/c1-13(2,18)14(3,4)20-15(19)11-10-16-12(21-11)17-8-6-5-7-9-17/h10,18-19H,5-9H2,1-4H3. The van der Waals surface area contributed by atoms with Crippen molar-refractivity contribution in [3.8, 4) is 0 Å². The van der Waals surface area contributed by atoms with Gasteiger partial charge in [0.25, 0.3) is 0 Å². The Morgan fingerprint density at radius 1 is 1.24 bits per heavy atom. The molecule has 0 spiro atoms. The first-order valence-corrected chi connectivity index (χ1v) is 8.31. The lowest BCUT2D eigenvalue weighted by molar-refractivity contribution is -0.0981. The second-order valence-corrected chi connectivity index (χ2v) is 7.67. The number of aromatic nitrogens is 1. The van der Waals surface area contributed by atoms with Crippen LogP contribution in [-0.2, 0) is 4.65 Å². The van der Waals surface area contributed by atoms with Crippen molar-refractivity contribution in [2.45, 2.75) is 58.2 Å². The van der Waals surface area contributed by atoms with Gasteiger partial charge in [-0.05, 0) is 47.0 Å². The Morgan fingerprint density at radius 2 is 1.86 bits per heavy atom. The zero-order chi connectivity index (χ0) is 15.7. The van der Waals surface area contributed by atoms with E-state index in [1.807, 2.05) is 0 Å². The number of aliphatic hydroxyl groups is 1. The molecule has 21 heavy (non-hydrogen) atoms. The van der Waals surface area contributed by atoms with Crippen LogP contribution in [-0.4, -0.2) is 46.5 Å². The third-order valence-electron chi connectivity index (χ3n) is 4.26. The fourth-order valence-electron chi connectivity index (χ4n) is 2.10. The van der Waals surface area contributed by atoms with Gasteiger partial charge in [0.1, 0.15) is 0 Å². The SMILES string of the molecule is CC(C)(O)C(C)(C)OB(O)c1cnc(N2CCCCC2)s1. The first-order chi connectivity index (χ1) is 9.71. The van der Waals surface area contributed by atoms with E-state index in [0.29, 0.717) is 4.78 Å². The molecule has 0 amide bonds. The van der Waals surface area contributed by atoms with Gasteiger partial charge in [-0.25, -0.2) is 4.98 Å². The van der Waals surface area contributed by atoms with Crippen molar-refractivity contribution >= 4 is 28.4 Å². The van der Waals surface area contributed by atoms with E-state index in [-0.39, 0.29) is 0 Å². The Morgan fingerprint density at radius 3 is 2.43 bits per heavy atom. The predicted octanol–water partition coefficient (Wildman–Crippen LogP) is 1.39. The van der Waals surface area contributed by atoms with Crippen LogP contribution in [0.15, 0.2) is 6.20 Å². The van der Waals surface area contributed by atoms with Gasteiger partial charge in [-0.2, -0.15) is 0 Å². The minimum atomic E-state index is -1.07. The number of rotatable bonds is 5.